The average Bonchev–Trinajstić information content (AvgIpc) is 3.89. The first-order chi connectivity index (χ1) is 23.3. The van der Waals surface area contributed by atoms with Crippen molar-refractivity contribution in [1.29, 1.82) is 0 Å². The average molecular weight is 660 g/mol. The summed E-state index contributed by atoms with van der Waals surface area (Å²) in [7, 11) is 0. The lowest BCUT2D eigenvalue weighted by molar-refractivity contribution is -0.134. The van der Waals surface area contributed by atoms with Crippen molar-refractivity contribution in [3.8, 4) is 0 Å². The first kappa shape index (κ1) is 30.6. The minimum Gasteiger partial charge on any atom is -0.374 e. The highest BCUT2D eigenvalue weighted by Crippen LogP contribution is 2.33. The summed E-state index contributed by atoms with van der Waals surface area (Å²) in [5, 5.41) is 13.5. The van der Waals surface area contributed by atoms with E-state index < -0.39 is 18.0 Å². The normalized spacial score (nSPS) is 23.4. The van der Waals surface area contributed by atoms with E-state index in [9.17, 15) is 23.2 Å². The van der Waals surface area contributed by atoms with Crippen molar-refractivity contribution in [2.24, 2.45) is 0 Å². The molecule has 48 heavy (non-hydrogen) atoms. The summed E-state index contributed by atoms with van der Waals surface area (Å²) in [6.07, 6.45) is 5.16. The molecule has 4 fully saturated rings. The SMILES string of the molecule is O=C1CCC(c2ccc(CN3CCC(n4cc(NC(=O)c5cnn6ccc(N7C[C@H]8C[C@@H]7CO8)nc56)c(C(F)F)n4)CC3)cc2)C(=O)N1. The highest BCUT2D eigenvalue weighted by Gasteiger charge is 2.40. The lowest BCUT2D eigenvalue weighted by Crippen LogP contribution is -2.39. The van der Waals surface area contributed by atoms with Crippen LogP contribution in [0.2, 0.25) is 0 Å². The minimum absolute atomic E-state index is 0.0296. The maximum Gasteiger partial charge on any atom is 0.284 e. The van der Waals surface area contributed by atoms with Gasteiger partial charge in [0, 0.05) is 45.0 Å². The molecule has 2 N–H and O–H groups in total. The number of amides is 3. The standard InChI is InChI=1S/C33H35F2N9O4/c34-30(35)29-26(37-33(47)25-14-36-43-12-9-27(38-31(25)43)42-16-23-13-22(42)18-48-23)17-44(40-29)21-7-10-41(11-8-21)15-19-1-3-20(4-2-19)24-5-6-28(45)39-32(24)46/h1-4,9,12,14,17,21-24,30H,5-8,10-11,13,15-16,18H2,(H,37,47)(H,39,45,46)/t22-,23-,24?/m1/s1. The Kier molecular flexibility index (Phi) is 7.87. The molecule has 0 radical (unpaired) electrons. The van der Waals surface area contributed by atoms with Gasteiger partial charge in [0.15, 0.2) is 11.3 Å². The maximum absolute atomic E-state index is 14.1. The number of fused-ring (bicyclic) bond motifs is 3. The molecule has 8 rings (SSSR count). The molecule has 3 aromatic heterocycles. The van der Waals surface area contributed by atoms with Gasteiger partial charge in [-0.15, -0.1) is 0 Å². The van der Waals surface area contributed by atoms with Crippen molar-refractivity contribution in [2.45, 2.75) is 69.2 Å². The smallest absolute Gasteiger partial charge is 0.284 e. The van der Waals surface area contributed by atoms with Crippen molar-refractivity contribution >= 4 is 34.9 Å². The molecule has 0 saturated carbocycles. The molecule has 13 nitrogen and oxygen atoms in total. The van der Waals surface area contributed by atoms with E-state index in [1.165, 1.54) is 16.9 Å². The second-order valence-corrected chi connectivity index (χ2v) is 13.0. The predicted molar refractivity (Wildman–Crippen MR) is 169 cm³/mol. The molecule has 250 valence electrons. The van der Waals surface area contributed by atoms with Crippen LogP contribution in [0.1, 0.15) is 77.7 Å². The number of nitrogens with one attached hydrogen (secondary N) is 2. The van der Waals surface area contributed by atoms with E-state index in [1.54, 1.807) is 10.9 Å². The molecule has 7 heterocycles. The van der Waals surface area contributed by atoms with E-state index in [0.717, 1.165) is 43.0 Å². The van der Waals surface area contributed by atoms with Gasteiger partial charge in [0.2, 0.25) is 11.8 Å². The Morgan fingerprint density at radius 3 is 2.60 bits per heavy atom. The van der Waals surface area contributed by atoms with Gasteiger partial charge in [-0.2, -0.15) is 10.2 Å². The van der Waals surface area contributed by atoms with Crippen LogP contribution in [0, 0.1) is 0 Å². The number of piperidine rings is 2. The van der Waals surface area contributed by atoms with Crippen molar-refractivity contribution < 1.29 is 27.9 Å². The van der Waals surface area contributed by atoms with Gasteiger partial charge < -0.3 is 15.0 Å². The minimum atomic E-state index is -2.87. The molecule has 4 aliphatic heterocycles. The summed E-state index contributed by atoms with van der Waals surface area (Å²) < 4.78 is 37.0. The molecule has 15 heteroatoms. The zero-order valence-electron chi connectivity index (χ0n) is 26.1. The third-order valence-electron chi connectivity index (χ3n) is 9.97. The molecule has 0 aliphatic carbocycles. The van der Waals surface area contributed by atoms with Gasteiger partial charge in [0.05, 0.1) is 42.6 Å². The molecular weight excluding hydrogens is 624 g/mol. The number of imide groups is 1. The molecule has 1 unspecified atom stereocenters. The maximum atomic E-state index is 14.1. The number of alkyl halides is 2. The van der Waals surface area contributed by atoms with Crippen LogP contribution in [-0.2, 0) is 20.9 Å². The van der Waals surface area contributed by atoms with Gasteiger partial charge >= 0.3 is 0 Å². The lowest BCUT2D eigenvalue weighted by Gasteiger charge is -2.32. The lowest BCUT2D eigenvalue weighted by atomic mass is 9.90. The number of ether oxygens (including phenoxy) is 1. The van der Waals surface area contributed by atoms with Crippen LogP contribution in [0.25, 0.3) is 5.65 Å². The number of rotatable bonds is 8. The van der Waals surface area contributed by atoms with Gasteiger partial charge in [0.25, 0.3) is 12.3 Å². The fourth-order valence-corrected chi connectivity index (χ4v) is 7.37. The molecule has 3 amide bonds. The Morgan fingerprint density at radius 2 is 1.90 bits per heavy atom. The first-order valence-corrected chi connectivity index (χ1v) is 16.3. The summed E-state index contributed by atoms with van der Waals surface area (Å²) in [6.45, 7) is 3.58. The highest BCUT2D eigenvalue weighted by atomic mass is 19.3. The number of halogens is 2. The van der Waals surface area contributed by atoms with Crippen LogP contribution in [0.15, 0.2) is 48.9 Å². The Bertz CT molecular complexity index is 1870. The molecule has 1 aromatic carbocycles. The van der Waals surface area contributed by atoms with E-state index >= 15 is 0 Å². The number of likely N-dealkylation sites (tertiary alicyclic amines) is 1. The van der Waals surface area contributed by atoms with Crippen molar-refractivity contribution in [1.82, 2.24) is 34.6 Å². The molecule has 4 saturated heterocycles. The van der Waals surface area contributed by atoms with E-state index in [4.69, 9.17) is 9.72 Å². The van der Waals surface area contributed by atoms with E-state index in [0.29, 0.717) is 44.5 Å². The molecule has 2 bridgehead atoms. The fraction of sp³-hybridized carbons (Fsp3) is 0.455. The summed E-state index contributed by atoms with van der Waals surface area (Å²) in [4.78, 5) is 46.3. The third-order valence-corrected chi connectivity index (χ3v) is 9.97. The molecule has 0 spiro atoms. The number of nitrogens with zero attached hydrogens (tertiary/aromatic N) is 7. The van der Waals surface area contributed by atoms with Crippen LogP contribution >= 0.6 is 0 Å². The number of morpholine rings is 1. The van der Waals surface area contributed by atoms with Crippen molar-refractivity contribution in [2.75, 3.05) is 36.5 Å². The van der Waals surface area contributed by atoms with Crippen LogP contribution in [0.3, 0.4) is 0 Å². The number of aromatic nitrogens is 5. The summed E-state index contributed by atoms with van der Waals surface area (Å²) >= 11 is 0. The quantitative estimate of drug-likeness (QED) is 0.273. The van der Waals surface area contributed by atoms with Crippen LogP contribution in [0.5, 0.6) is 0 Å². The second kappa shape index (κ2) is 12.4. The zero-order chi connectivity index (χ0) is 32.9. The Morgan fingerprint density at radius 1 is 1.08 bits per heavy atom. The Hall–Kier alpha value is -4.76. The van der Waals surface area contributed by atoms with Crippen LogP contribution < -0.4 is 15.5 Å². The fourth-order valence-electron chi connectivity index (χ4n) is 7.37. The van der Waals surface area contributed by atoms with E-state index in [1.807, 2.05) is 30.3 Å². The molecule has 4 aliphatic rings. The van der Waals surface area contributed by atoms with Gasteiger partial charge in [-0.3, -0.25) is 29.3 Å². The summed E-state index contributed by atoms with van der Waals surface area (Å²) in [5.74, 6) is -0.651. The number of benzene rings is 1. The molecular formula is C33H35F2N9O4. The highest BCUT2D eigenvalue weighted by molar-refractivity contribution is 6.08. The number of carbonyl (C=O) groups is 3. The number of hydrogen-bond acceptors (Lipinski definition) is 9. The molecule has 4 aromatic rings. The van der Waals surface area contributed by atoms with Crippen LogP contribution in [-0.4, -0.2) is 85.4 Å². The van der Waals surface area contributed by atoms with Crippen LogP contribution in [0.4, 0.5) is 20.3 Å². The molecule has 3 atom stereocenters. The van der Waals surface area contributed by atoms with Crippen molar-refractivity contribution in [3.63, 3.8) is 0 Å². The van der Waals surface area contributed by atoms with E-state index in [2.05, 4.69) is 30.6 Å². The monoisotopic (exact) mass is 659 g/mol. The van der Waals surface area contributed by atoms with Gasteiger partial charge in [0.1, 0.15) is 11.4 Å². The topological polar surface area (TPSA) is 139 Å². The number of hydrogen-bond donors (Lipinski definition) is 2. The van der Waals surface area contributed by atoms with Gasteiger partial charge in [-0.1, -0.05) is 24.3 Å². The summed E-state index contributed by atoms with van der Waals surface area (Å²) in [5.41, 5.74) is 2.02. The van der Waals surface area contributed by atoms with Crippen molar-refractivity contribution in [3.05, 3.63) is 71.3 Å². The van der Waals surface area contributed by atoms with Gasteiger partial charge in [-0.05, 0) is 42.9 Å². The number of anilines is 2. The Balaban J connectivity index is 0.910. The Labute approximate surface area is 274 Å². The predicted octanol–water partition coefficient (Wildman–Crippen LogP) is 3.45. The second-order valence-electron chi connectivity index (χ2n) is 13.0. The number of carbonyl (C=O) groups excluding carboxylic acids is 3. The first-order valence-electron chi connectivity index (χ1n) is 16.3. The summed E-state index contributed by atoms with van der Waals surface area (Å²) in [6, 6.07) is 9.91. The largest absolute Gasteiger partial charge is 0.374 e. The zero-order valence-corrected chi connectivity index (χ0v) is 26.1. The van der Waals surface area contributed by atoms with E-state index in [-0.39, 0.29) is 47.2 Å². The van der Waals surface area contributed by atoms with Gasteiger partial charge in [-0.25, -0.2) is 18.3 Å². The third kappa shape index (κ3) is 5.81.